The number of carbonyl (C=O) groups is 1. The number of nitrogens with zero attached hydrogens (tertiary/aromatic N) is 1. The molecule has 0 atom stereocenters. The van der Waals surface area contributed by atoms with E-state index < -0.39 is 0 Å². The lowest BCUT2D eigenvalue weighted by atomic mass is 10.5. The molecule has 0 bridgehead atoms. The Labute approximate surface area is 53.6 Å². The minimum Gasteiger partial charge on any atom is -0.411 e. The molecule has 0 aliphatic heterocycles. The molecule has 0 spiro atoms. The molecule has 0 saturated heterocycles. The summed E-state index contributed by atoms with van der Waals surface area (Å²) in [6.45, 7) is 2.56. The Hall–Kier alpha value is -1.06. The minimum absolute atomic E-state index is 0.362. The molecule has 0 saturated carbocycles. The first kappa shape index (κ1) is 7.94. The van der Waals surface area contributed by atoms with E-state index in [-0.39, 0.29) is 5.91 Å². The molecule has 0 aromatic carbocycles. The van der Waals surface area contributed by atoms with Gasteiger partial charge in [0, 0.05) is 6.54 Å². The summed E-state index contributed by atoms with van der Waals surface area (Å²) < 4.78 is 0. The Morgan fingerprint density at radius 1 is 1.89 bits per heavy atom. The van der Waals surface area contributed by atoms with Gasteiger partial charge in [-0.3, -0.25) is 4.79 Å². The molecule has 0 aromatic heterocycles. The third-order valence-corrected chi connectivity index (χ3v) is 0.724. The average Bonchev–Trinajstić information content (AvgIpc) is 1.85. The molecule has 1 amide bonds. The van der Waals surface area contributed by atoms with Crippen LogP contribution in [-0.2, 0) is 4.79 Å². The van der Waals surface area contributed by atoms with Crippen molar-refractivity contribution < 1.29 is 10.0 Å². The molecular weight excluding hydrogens is 120 g/mol. The van der Waals surface area contributed by atoms with Crippen LogP contribution in [0.25, 0.3) is 0 Å². The van der Waals surface area contributed by atoms with Crippen LogP contribution in [-0.4, -0.2) is 23.9 Å². The van der Waals surface area contributed by atoms with E-state index in [1.165, 1.54) is 0 Å². The zero-order valence-electron chi connectivity index (χ0n) is 5.29. The molecule has 0 aromatic rings. The number of oxime groups is 1. The van der Waals surface area contributed by atoms with E-state index in [0.717, 1.165) is 12.6 Å². The van der Waals surface area contributed by atoms with Crippen molar-refractivity contribution in [1.29, 1.82) is 0 Å². The number of amides is 1. The zero-order valence-corrected chi connectivity index (χ0v) is 5.29. The Bertz CT molecular complexity index is 112. The summed E-state index contributed by atoms with van der Waals surface area (Å²) in [7, 11) is 0. The topological polar surface area (TPSA) is 61.7 Å². The first-order valence-electron chi connectivity index (χ1n) is 2.76. The van der Waals surface area contributed by atoms with Gasteiger partial charge in [0.05, 0.1) is 0 Å². The van der Waals surface area contributed by atoms with Crippen LogP contribution in [0.5, 0.6) is 0 Å². The summed E-state index contributed by atoms with van der Waals surface area (Å²) in [5.74, 6) is -0.362. The third-order valence-electron chi connectivity index (χ3n) is 0.724. The fourth-order valence-corrected chi connectivity index (χ4v) is 0.346. The summed E-state index contributed by atoms with van der Waals surface area (Å²) >= 11 is 0. The molecule has 0 aliphatic rings. The number of hydrogen-bond acceptors (Lipinski definition) is 3. The normalized spacial score (nSPS) is 9.89. The van der Waals surface area contributed by atoms with E-state index in [9.17, 15) is 4.79 Å². The number of hydrogen-bond donors (Lipinski definition) is 2. The molecule has 0 radical (unpaired) electrons. The van der Waals surface area contributed by atoms with Gasteiger partial charge in [0.1, 0.15) is 6.21 Å². The number of rotatable bonds is 3. The highest BCUT2D eigenvalue weighted by Gasteiger charge is 1.90. The van der Waals surface area contributed by atoms with E-state index in [4.69, 9.17) is 5.21 Å². The largest absolute Gasteiger partial charge is 0.411 e. The first-order chi connectivity index (χ1) is 4.31. The van der Waals surface area contributed by atoms with Crippen molar-refractivity contribution in [3.63, 3.8) is 0 Å². The van der Waals surface area contributed by atoms with E-state index in [1.54, 1.807) is 0 Å². The van der Waals surface area contributed by atoms with Crippen LogP contribution >= 0.6 is 0 Å². The average molecular weight is 130 g/mol. The summed E-state index contributed by atoms with van der Waals surface area (Å²) in [4.78, 5) is 10.4. The summed E-state index contributed by atoms with van der Waals surface area (Å²) in [6.07, 6.45) is 1.71. The lowest BCUT2D eigenvalue weighted by Crippen LogP contribution is -2.24. The van der Waals surface area contributed by atoms with E-state index in [2.05, 4.69) is 10.5 Å². The molecule has 0 heterocycles. The quantitative estimate of drug-likeness (QED) is 0.320. The Kier molecular flexibility index (Phi) is 4.49. The molecule has 2 N–H and O–H groups in total. The molecule has 0 aliphatic carbocycles. The molecule has 9 heavy (non-hydrogen) atoms. The number of nitrogens with one attached hydrogen (secondary N) is 1. The lowest BCUT2D eigenvalue weighted by molar-refractivity contribution is -0.114. The number of carbonyl (C=O) groups excluding carboxylic acids is 1. The molecule has 0 rings (SSSR count). The monoisotopic (exact) mass is 130 g/mol. The molecule has 52 valence electrons. The van der Waals surface area contributed by atoms with Crippen molar-refractivity contribution in [3.8, 4) is 0 Å². The van der Waals surface area contributed by atoms with Gasteiger partial charge in [-0.05, 0) is 6.42 Å². The van der Waals surface area contributed by atoms with Gasteiger partial charge in [-0.1, -0.05) is 12.1 Å². The van der Waals surface area contributed by atoms with Crippen LogP contribution < -0.4 is 5.32 Å². The Morgan fingerprint density at radius 3 is 3.00 bits per heavy atom. The van der Waals surface area contributed by atoms with Crippen LogP contribution in [0.1, 0.15) is 13.3 Å². The standard InChI is InChI=1S/C5H10N2O2/c1-2-3-6-5(8)4-7-9/h4,9H,2-3H2,1H3,(H,6,8). The van der Waals surface area contributed by atoms with Crippen molar-refractivity contribution in [2.75, 3.05) is 6.54 Å². The first-order valence-corrected chi connectivity index (χ1v) is 2.76. The van der Waals surface area contributed by atoms with Gasteiger partial charge < -0.3 is 10.5 Å². The van der Waals surface area contributed by atoms with Gasteiger partial charge in [0.2, 0.25) is 0 Å². The maximum absolute atomic E-state index is 10.4. The van der Waals surface area contributed by atoms with Gasteiger partial charge >= 0.3 is 0 Å². The highest BCUT2D eigenvalue weighted by molar-refractivity contribution is 6.25. The smallest absolute Gasteiger partial charge is 0.265 e. The maximum Gasteiger partial charge on any atom is 0.265 e. The molecule has 0 unspecified atom stereocenters. The van der Waals surface area contributed by atoms with Gasteiger partial charge in [0.25, 0.3) is 5.91 Å². The van der Waals surface area contributed by atoms with Crippen LogP contribution in [0.3, 0.4) is 0 Å². The third kappa shape index (κ3) is 4.80. The van der Waals surface area contributed by atoms with Gasteiger partial charge in [-0.25, -0.2) is 0 Å². The maximum atomic E-state index is 10.4. The van der Waals surface area contributed by atoms with E-state index >= 15 is 0 Å². The van der Waals surface area contributed by atoms with E-state index in [1.807, 2.05) is 6.92 Å². The fourth-order valence-electron chi connectivity index (χ4n) is 0.346. The summed E-state index contributed by atoms with van der Waals surface area (Å²) in [5, 5.41) is 12.9. The second-order valence-corrected chi connectivity index (χ2v) is 1.54. The summed E-state index contributed by atoms with van der Waals surface area (Å²) in [6, 6.07) is 0. The minimum atomic E-state index is -0.362. The Balaban J connectivity index is 3.27. The lowest BCUT2D eigenvalue weighted by Gasteiger charge is -1.94. The predicted octanol–water partition coefficient (Wildman–Crippen LogP) is -0.0274. The highest BCUT2D eigenvalue weighted by atomic mass is 16.4. The SMILES string of the molecule is CCCNC(=O)C=NO. The summed E-state index contributed by atoms with van der Waals surface area (Å²) in [5.41, 5.74) is 0. The van der Waals surface area contributed by atoms with Gasteiger partial charge in [0.15, 0.2) is 0 Å². The van der Waals surface area contributed by atoms with Crippen molar-refractivity contribution in [2.45, 2.75) is 13.3 Å². The van der Waals surface area contributed by atoms with Crippen LogP contribution in [0.2, 0.25) is 0 Å². The molecule has 4 heteroatoms. The predicted molar refractivity (Wildman–Crippen MR) is 33.6 cm³/mol. The second kappa shape index (κ2) is 5.08. The molecule has 4 nitrogen and oxygen atoms in total. The Morgan fingerprint density at radius 2 is 2.56 bits per heavy atom. The van der Waals surface area contributed by atoms with E-state index in [0.29, 0.717) is 6.54 Å². The molecule has 0 fully saturated rings. The van der Waals surface area contributed by atoms with Crippen molar-refractivity contribution >= 4 is 12.1 Å². The van der Waals surface area contributed by atoms with Crippen molar-refractivity contribution in [2.24, 2.45) is 5.16 Å². The van der Waals surface area contributed by atoms with Crippen LogP contribution in [0.4, 0.5) is 0 Å². The van der Waals surface area contributed by atoms with Crippen LogP contribution in [0.15, 0.2) is 5.16 Å². The zero-order chi connectivity index (χ0) is 7.11. The highest BCUT2D eigenvalue weighted by Crippen LogP contribution is 1.68. The fraction of sp³-hybridized carbons (Fsp3) is 0.600. The van der Waals surface area contributed by atoms with Crippen molar-refractivity contribution in [1.82, 2.24) is 5.32 Å². The van der Waals surface area contributed by atoms with Gasteiger partial charge in [-0.2, -0.15) is 0 Å². The molecular formula is C5H10N2O2. The van der Waals surface area contributed by atoms with Crippen molar-refractivity contribution in [3.05, 3.63) is 0 Å². The van der Waals surface area contributed by atoms with Gasteiger partial charge in [-0.15, -0.1) is 0 Å². The van der Waals surface area contributed by atoms with Crippen LogP contribution in [0, 0.1) is 0 Å². The second-order valence-electron chi connectivity index (χ2n) is 1.54.